The van der Waals surface area contributed by atoms with Crippen molar-refractivity contribution in [3.63, 3.8) is 0 Å². The summed E-state index contributed by atoms with van der Waals surface area (Å²) in [5.74, 6) is -1.20. The summed E-state index contributed by atoms with van der Waals surface area (Å²) >= 11 is 0. The van der Waals surface area contributed by atoms with Gasteiger partial charge >= 0.3 is 5.97 Å². The molecule has 0 aliphatic heterocycles. The summed E-state index contributed by atoms with van der Waals surface area (Å²) in [6, 6.07) is 0. The van der Waals surface area contributed by atoms with Crippen LogP contribution in [-0.4, -0.2) is 35.0 Å². The number of carbonyl (C=O) groups is 2. The monoisotopic (exact) mass is 564 g/mol. The number of hydrogen-bond acceptors (Lipinski definition) is 2. The van der Waals surface area contributed by atoms with Crippen molar-refractivity contribution < 1.29 is 14.7 Å². The number of carboxylic acids is 1. The average Bonchev–Trinajstić information content (AvgIpc) is 2.95. The molecule has 0 rings (SSSR count). The van der Waals surface area contributed by atoms with Crippen LogP contribution in [0.4, 0.5) is 0 Å². The molecule has 0 fully saturated rings. The third-order valence-electron chi connectivity index (χ3n) is 8.24. The molecule has 0 heterocycles. The van der Waals surface area contributed by atoms with Gasteiger partial charge in [-0.1, -0.05) is 181 Å². The lowest BCUT2D eigenvalue weighted by Gasteiger charge is -2.21. The number of amides is 1. The number of carboxylic acid groups (broad SMARTS) is 1. The topological polar surface area (TPSA) is 57.6 Å². The Bertz CT molecular complexity index is 542. The Hall–Kier alpha value is -1.32. The fraction of sp³-hybridized carbons (Fsp3) is 0.889. The third-order valence-corrected chi connectivity index (χ3v) is 8.24. The molecule has 4 nitrogen and oxygen atoms in total. The highest BCUT2D eigenvalue weighted by Crippen LogP contribution is 2.15. The summed E-state index contributed by atoms with van der Waals surface area (Å²) < 4.78 is 0. The van der Waals surface area contributed by atoms with Gasteiger partial charge < -0.3 is 10.0 Å². The first kappa shape index (κ1) is 38.7. The molecule has 0 aromatic heterocycles. The summed E-state index contributed by atoms with van der Waals surface area (Å²) in [4.78, 5) is 25.3. The normalized spacial score (nSPS) is 11.4. The van der Waals surface area contributed by atoms with Crippen LogP contribution in [0, 0.1) is 0 Å². The Morgan fingerprint density at radius 3 is 0.925 bits per heavy atom. The van der Waals surface area contributed by atoms with Gasteiger partial charge in [0, 0.05) is 25.2 Å². The van der Waals surface area contributed by atoms with Crippen LogP contribution < -0.4 is 0 Å². The fourth-order valence-corrected chi connectivity index (χ4v) is 5.57. The molecule has 1 amide bonds. The van der Waals surface area contributed by atoms with Gasteiger partial charge in [-0.2, -0.15) is 0 Å². The van der Waals surface area contributed by atoms with Crippen molar-refractivity contribution in [2.45, 2.75) is 194 Å². The zero-order valence-corrected chi connectivity index (χ0v) is 27.1. The van der Waals surface area contributed by atoms with E-state index in [0.717, 1.165) is 44.8 Å². The van der Waals surface area contributed by atoms with Gasteiger partial charge in [0.2, 0.25) is 5.91 Å². The molecule has 0 saturated carbocycles. The van der Waals surface area contributed by atoms with Crippen molar-refractivity contribution in [2.75, 3.05) is 13.1 Å². The molecule has 0 unspecified atom stereocenters. The van der Waals surface area contributed by atoms with Crippen molar-refractivity contribution in [1.82, 2.24) is 4.90 Å². The maximum Gasteiger partial charge on any atom is 0.328 e. The van der Waals surface area contributed by atoms with Gasteiger partial charge in [-0.05, 0) is 12.8 Å². The van der Waals surface area contributed by atoms with Crippen LogP contribution in [0.2, 0.25) is 0 Å². The zero-order chi connectivity index (χ0) is 29.4. The molecule has 0 aliphatic rings. The number of nitrogens with zero attached hydrogens (tertiary/aromatic N) is 1. The van der Waals surface area contributed by atoms with E-state index in [-0.39, 0.29) is 5.91 Å². The molecule has 0 bridgehead atoms. The zero-order valence-electron chi connectivity index (χ0n) is 27.1. The molecule has 0 saturated heterocycles. The number of unbranched alkanes of at least 4 members (excludes halogenated alkanes) is 26. The largest absolute Gasteiger partial charge is 0.478 e. The number of hydrogen-bond donors (Lipinski definition) is 1. The third kappa shape index (κ3) is 29.7. The highest BCUT2D eigenvalue weighted by Gasteiger charge is 2.10. The fourth-order valence-electron chi connectivity index (χ4n) is 5.57. The van der Waals surface area contributed by atoms with Gasteiger partial charge in [-0.3, -0.25) is 4.79 Å². The van der Waals surface area contributed by atoms with E-state index in [1.165, 1.54) is 160 Å². The molecule has 1 N–H and O–H groups in total. The van der Waals surface area contributed by atoms with E-state index in [0.29, 0.717) is 0 Å². The Morgan fingerprint density at radius 1 is 0.425 bits per heavy atom. The summed E-state index contributed by atoms with van der Waals surface area (Å²) in [6.45, 7) is 6.05. The Balaban J connectivity index is 3.83. The standard InChI is InChI=1S/C36H69NO3/c1-3-5-7-9-11-13-15-17-19-21-23-25-27-29-33-37(35(38)31-32-36(39)40)34-30-28-26-24-22-20-18-16-14-12-10-8-6-4-2/h31-32H,3-30,33-34H2,1-2H3,(H,39,40)/b32-31+. The van der Waals surface area contributed by atoms with Gasteiger partial charge in [0.05, 0.1) is 0 Å². The van der Waals surface area contributed by atoms with Crippen molar-refractivity contribution in [3.05, 3.63) is 12.2 Å². The molecule has 0 radical (unpaired) electrons. The highest BCUT2D eigenvalue weighted by atomic mass is 16.4. The quantitative estimate of drug-likeness (QED) is 0.0654. The Kier molecular flexibility index (Phi) is 31.1. The molecule has 4 heteroatoms. The lowest BCUT2D eigenvalue weighted by Crippen LogP contribution is -2.31. The summed E-state index contributed by atoms with van der Waals surface area (Å²) in [6.07, 6.45) is 39.3. The van der Waals surface area contributed by atoms with E-state index < -0.39 is 5.97 Å². The van der Waals surface area contributed by atoms with Crippen molar-refractivity contribution in [1.29, 1.82) is 0 Å². The van der Waals surface area contributed by atoms with Gasteiger partial charge in [0.1, 0.15) is 0 Å². The molecule has 0 aromatic rings. The van der Waals surface area contributed by atoms with Gasteiger partial charge in [0.15, 0.2) is 0 Å². The highest BCUT2D eigenvalue weighted by molar-refractivity contribution is 5.93. The van der Waals surface area contributed by atoms with Crippen molar-refractivity contribution >= 4 is 11.9 Å². The van der Waals surface area contributed by atoms with Crippen molar-refractivity contribution in [2.24, 2.45) is 0 Å². The molecule has 0 spiro atoms. The first-order valence-corrected chi connectivity index (χ1v) is 17.8. The van der Waals surface area contributed by atoms with Crippen LogP contribution in [0.3, 0.4) is 0 Å². The minimum Gasteiger partial charge on any atom is -0.478 e. The molecule has 0 aromatic carbocycles. The number of rotatable bonds is 32. The van der Waals surface area contributed by atoms with Crippen LogP contribution in [0.15, 0.2) is 12.2 Å². The second kappa shape index (κ2) is 32.2. The Morgan fingerprint density at radius 2 is 0.675 bits per heavy atom. The van der Waals surface area contributed by atoms with E-state index in [1.54, 1.807) is 0 Å². The maximum atomic E-state index is 12.6. The second-order valence-electron chi connectivity index (χ2n) is 12.2. The van der Waals surface area contributed by atoms with Crippen LogP contribution in [-0.2, 0) is 9.59 Å². The predicted molar refractivity (Wildman–Crippen MR) is 174 cm³/mol. The molecule has 236 valence electrons. The molecular formula is C36H69NO3. The summed E-state index contributed by atoms with van der Waals surface area (Å²) in [5, 5.41) is 8.90. The first-order valence-electron chi connectivity index (χ1n) is 17.8. The van der Waals surface area contributed by atoms with Gasteiger partial charge in [-0.15, -0.1) is 0 Å². The minimum absolute atomic E-state index is 0.146. The number of aliphatic carboxylic acids is 1. The predicted octanol–water partition coefficient (Wildman–Crippen LogP) is 11.4. The van der Waals surface area contributed by atoms with E-state index in [1.807, 2.05) is 4.90 Å². The van der Waals surface area contributed by atoms with E-state index in [2.05, 4.69) is 13.8 Å². The summed E-state index contributed by atoms with van der Waals surface area (Å²) in [7, 11) is 0. The van der Waals surface area contributed by atoms with Crippen LogP contribution in [0.1, 0.15) is 194 Å². The smallest absolute Gasteiger partial charge is 0.328 e. The maximum absolute atomic E-state index is 12.6. The van der Waals surface area contributed by atoms with Gasteiger partial charge in [-0.25, -0.2) is 4.79 Å². The van der Waals surface area contributed by atoms with Gasteiger partial charge in [0.25, 0.3) is 0 Å². The SMILES string of the molecule is CCCCCCCCCCCCCCCCN(CCCCCCCCCCCCCCCC)C(=O)/C=C/C(=O)O. The van der Waals surface area contributed by atoms with E-state index >= 15 is 0 Å². The lowest BCUT2D eigenvalue weighted by atomic mass is 10.0. The summed E-state index contributed by atoms with van der Waals surface area (Å²) in [5.41, 5.74) is 0. The van der Waals surface area contributed by atoms with Crippen LogP contribution in [0.25, 0.3) is 0 Å². The van der Waals surface area contributed by atoms with Crippen LogP contribution in [0.5, 0.6) is 0 Å². The second-order valence-corrected chi connectivity index (χ2v) is 12.2. The van der Waals surface area contributed by atoms with E-state index in [9.17, 15) is 9.59 Å². The molecule has 0 aliphatic carbocycles. The van der Waals surface area contributed by atoms with Crippen molar-refractivity contribution in [3.8, 4) is 0 Å². The molecular weight excluding hydrogens is 494 g/mol. The number of carbonyl (C=O) groups excluding carboxylic acids is 1. The molecule has 0 atom stereocenters. The van der Waals surface area contributed by atoms with Crippen LogP contribution >= 0.6 is 0 Å². The molecule has 40 heavy (non-hydrogen) atoms. The average molecular weight is 564 g/mol. The first-order chi connectivity index (χ1) is 19.6. The van der Waals surface area contributed by atoms with E-state index in [4.69, 9.17) is 5.11 Å². The Labute approximate surface area is 250 Å². The lowest BCUT2D eigenvalue weighted by molar-refractivity contribution is -0.132. The minimum atomic E-state index is -1.05.